The van der Waals surface area contributed by atoms with Gasteiger partial charge in [-0.25, -0.2) is 9.97 Å². The lowest BCUT2D eigenvalue weighted by atomic mass is 9.82. The van der Waals surface area contributed by atoms with E-state index in [9.17, 15) is 0 Å². The van der Waals surface area contributed by atoms with E-state index in [0.29, 0.717) is 5.82 Å². The summed E-state index contributed by atoms with van der Waals surface area (Å²) in [6, 6.07) is 64.8. The number of aromatic nitrogens is 2. The van der Waals surface area contributed by atoms with Gasteiger partial charge in [-0.3, -0.25) is 0 Å². The Morgan fingerprint density at radius 3 is 1.59 bits per heavy atom. The van der Waals surface area contributed by atoms with Crippen LogP contribution in [0, 0.1) is 0 Å². The monoisotopic (exact) mass is 652 g/mol. The Kier molecular flexibility index (Phi) is 7.51. The molecule has 1 aliphatic rings. The Balaban J connectivity index is 1.17. The van der Waals surface area contributed by atoms with E-state index in [4.69, 9.17) is 9.97 Å². The molecule has 2 nitrogen and oxygen atoms in total. The molecule has 7 aromatic carbocycles. The van der Waals surface area contributed by atoms with Crippen molar-refractivity contribution in [2.45, 2.75) is 19.3 Å². The molecule has 9 rings (SSSR count). The predicted molar refractivity (Wildman–Crippen MR) is 212 cm³/mol. The highest BCUT2D eigenvalue weighted by atomic mass is 14.9. The number of benzene rings is 7. The van der Waals surface area contributed by atoms with Crippen molar-refractivity contribution >= 4 is 0 Å². The second-order valence-electron chi connectivity index (χ2n) is 13.8. The number of rotatable bonds is 6. The highest BCUT2D eigenvalue weighted by Crippen LogP contribution is 2.49. The molecule has 0 amide bonds. The highest BCUT2D eigenvalue weighted by Gasteiger charge is 2.35. The molecule has 0 unspecified atom stereocenters. The fourth-order valence-electron chi connectivity index (χ4n) is 7.72. The second kappa shape index (κ2) is 12.5. The van der Waals surface area contributed by atoms with Crippen molar-refractivity contribution in [3.05, 3.63) is 193 Å². The normalized spacial score (nSPS) is 12.7. The van der Waals surface area contributed by atoms with Crippen molar-refractivity contribution in [2.75, 3.05) is 0 Å². The standard InChI is InChI=1S/C49H36N2/c1-49(2)43-24-13-12-21-40(43)42-31-38(29-30-44(42)49)33-25-27-34(28-26-33)39-22-14-23-41(47(39)36-17-8-4-9-18-36)46-32-45(35-15-6-3-7-16-35)50-48(51-46)37-19-10-5-11-20-37/h3-32H,1-2H3. The summed E-state index contributed by atoms with van der Waals surface area (Å²) in [7, 11) is 0. The van der Waals surface area contributed by atoms with Crippen molar-refractivity contribution < 1.29 is 0 Å². The number of fused-ring (bicyclic) bond motifs is 3. The lowest BCUT2D eigenvalue weighted by Crippen LogP contribution is -2.14. The first-order valence-electron chi connectivity index (χ1n) is 17.6. The summed E-state index contributed by atoms with van der Waals surface area (Å²) in [5.74, 6) is 0.709. The molecule has 242 valence electrons. The Morgan fingerprint density at radius 1 is 0.333 bits per heavy atom. The van der Waals surface area contributed by atoms with Crippen LogP contribution in [0.15, 0.2) is 182 Å². The van der Waals surface area contributed by atoms with E-state index in [-0.39, 0.29) is 5.41 Å². The van der Waals surface area contributed by atoms with Crippen LogP contribution in [0.1, 0.15) is 25.0 Å². The molecule has 0 atom stereocenters. The maximum Gasteiger partial charge on any atom is 0.160 e. The van der Waals surface area contributed by atoms with Crippen molar-refractivity contribution in [3.63, 3.8) is 0 Å². The zero-order valence-corrected chi connectivity index (χ0v) is 28.7. The minimum Gasteiger partial charge on any atom is -0.228 e. The van der Waals surface area contributed by atoms with Gasteiger partial charge in [0.05, 0.1) is 11.4 Å². The van der Waals surface area contributed by atoms with E-state index in [1.54, 1.807) is 0 Å². The zero-order chi connectivity index (χ0) is 34.4. The Bertz CT molecular complexity index is 2460. The SMILES string of the molecule is CC1(C)c2ccccc2-c2cc(-c3ccc(-c4cccc(-c5cc(-c6ccccc6)nc(-c6ccccc6)n5)c4-c4ccccc4)cc3)ccc21. The highest BCUT2D eigenvalue weighted by molar-refractivity contribution is 5.95. The van der Waals surface area contributed by atoms with Gasteiger partial charge in [-0.1, -0.05) is 184 Å². The van der Waals surface area contributed by atoms with Crippen molar-refractivity contribution in [1.82, 2.24) is 9.97 Å². The van der Waals surface area contributed by atoms with Crippen LogP contribution in [0.25, 0.3) is 78.4 Å². The average molecular weight is 653 g/mol. The number of nitrogens with zero attached hydrogens (tertiary/aromatic N) is 2. The van der Waals surface area contributed by atoms with Crippen LogP contribution in [-0.2, 0) is 5.41 Å². The van der Waals surface area contributed by atoms with E-state index in [1.807, 2.05) is 24.3 Å². The third kappa shape index (κ3) is 5.46. The Hall–Kier alpha value is -6.38. The van der Waals surface area contributed by atoms with Crippen LogP contribution >= 0.6 is 0 Å². The molecule has 8 aromatic rings. The van der Waals surface area contributed by atoms with E-state index in [0.717, 1.165) is 50.3 Å². The van der Waals surface area contributed by atoms with Gasteiger partial charge in [-0.05, 0) is 67.8 Å². The summed E-state index contributed by atoms with van der Waals surface area (Å²) in [5.41, 5.74) is 17.4. The molecular formula is C49H36N2. The van der Waals surface area contributed by atoms with Crippen LogP contribution in [-0.4, -0.2) is 9.97 Å². The van der Waals surface area contributed by atoms with E-state index >= 15 is 0 Å². The Morgan fingerprint density at radius 2 is 0.863 bits per heavy atom. The van der Waals surface area contributed by atoms with Gasteiger partial charge in [0, 0.05) is 22.1 Å². The predicted octanol–water partition coefficient (Wildman–Crippen LogP) is 12.8. The second-order valence-corrected chi connectivity index (χ2v) is 13.8. The van der Waals surface area contributed by atoms with Crippen molar-refractivity contribution in [2.24, 2.45) is 0 Å². The molecule has 0 N–H and O–H groups in total. The van der Waals surface area contributed by atoms with Gasteiger partial charge in [0.2, 0.25) is 0 Å². The minimum atomic E-state index is 0.000559. The van der Waals surface area contributed by atoms with Gasteiger partial charge in [-0.2, -0.15) is 0 Å². The van der Waals surface area contributed by atoms with Crippen LogP contribution < -0.4 is 0 Å². The van der Waals surface area contributed by atoms with Crippen LogP contribution in [0.4, 0.5) is 0 Å². The molecule has 0 spiro atoms. The molecule has 0 bridgehead atoms. The van der Waals surface area contributed by atoms with E-state index in [2.05, 4.69) is 172 Å². The minimum absolute atomic E-state index is 0.000559. The summed E-state index contributed by atoms with van der Waals surface area (Å²) in [5, 5.41) is 0. The Labute approximate surface area is 299 Å². The quantitative estimate of drug-likeness (QED) is 0.179. The average Bonchev–Trinajstić information content (AvgIpc) is 3.44. The fraction of sp³-hybridized carbons (Fsp3) is 0.0612. The maximum atomic E-state index is 5.22. The van der Waals surface area contributed by atoms with Crippen LogP contribution in [0.3, 0.4) is 0 Å². The first kappa shape index (κ1) is 30.7. The summed E-state index contributed by atoms with van der Waals surface area (Å²) < 4.78 is 0. The molecule has 0 saturated carbocycles. The number of hydrogen-bond acceptors (Lipinski definition) is 2. The molecular weight excluding hydrogens is 617 g/mol. The summed E-state index contributed by atoms with van der Waals surface area (Å²) in [4.78, 5) is 10.3. The summed E-state index contributed by atoms with van der Waals surface area (Å²) in [6.45, 7) is 4.66. The van der Waals surface area contributed by atoms with Gasteiger partial charge in [0.1, 0.15) is 0 Å². The van der Waals surface area contributed by atoms with Gasteiger partial charge in [0.25, 0.3) is 0 Å². The van der Waals surface area contributed by atoms with Gasteiger partial charge < -0.3 is 0 Å². The lowest BCUT2D eigenvalue weighted by molar-refractivity contribution is 0.660. The van der Waals surface area contributed by atoms with Crippen molar-refractivity contribution in [3.8, 4) is 78.4 Å². The molecule has 0 saturated heterocycles. The van der Waals surface area contributed by atoms with Crippen LogP contribution in [0.2, 0.25) is 0 Å². The fourth-order valence-corrected chi connectivity index (χ4v) is 7.72. The summed E-state index contributed by atoms with van der Waals surface area (Å²) in [6.07, 6.45) is 0. The molecule has 1 heterocycles. The van der Waals surface area contributed by atoms with Crippen molar-refractivity contribution in [1.29, 1.82) is 0 Å². The third-order valence-electron chi connectivity index (χ3n) is 10.3. The molecule has 51 heavy (non-hydrogen) atoms. The molecule has 0 fully saturated rings. The van der Waals surface area contributed by atoms with Crippen LogP contribution in [0.5, 0.6) is 0 Å². The first-order valence-corrected chi connectivity index (χ1v) is 17.6. The molecule has 0 aliphatic heterocycles. The zero-order valence-electron chi connectivity index (χ0n) is 28.7. The molecule has 2 heteroatoms. The van der Waals surface area contributed by atoms with Gasteiger partial charge in [0.15, 0.2) is 5.82 Å². The third-order valence-corrected chi connectivity index (χ3v) is 10.3. The van der Waals surface area contributed by atoms with Gasteiger partial charge in [-0.15, -0.1) is 0 Å². The molecule has 1 aromatic heterocycles. The molecule has 1 aliphatic carbocycles. The van der Waals surface area contributed by atoms with E-state index < -0.39 is 0 Å². The number of hydrogen-bond donors (Lipinski definition) is 0. The molecule has 0 radical (unpaired) electrons. The largest absolute Gasteiger partial charge is 0.228 e. The first-order chi connectivity index (χ1) is 25.0. The topological polar surface area (TPSA) is 25.8 Å². The van der Waals surface area contributed by atoms with Gasteiger partial charge >= 0.3 is 0 Å². The smallest absolute Gasteiger partial charge is 0.160 e. The van der Waals surface area contributed by atoms with E-state index in [1.165, 1.54) is 33.4 Å². The lowest BCUT2D eigenvalue weighted by Gasteiger charge is -2.21. The summed E-state index contributed by atoms with van der Waals surface area (Å²) >= 11 is 0. The maximum absolute atomic E-state index is 5.22.